The maximum atomic E-state index is 12.5. The zero-order valence-electron chi connectivity index (χ0n) is 13.1. The van der Waals surface area contributed by atoms with Gasteiger partial charge in [0, 0.05) is 24.0 Å². The first kappa shape index (κ1) is 15.9. The molecule has 0 bridgehead atoms. The molecule has 0 radical (unpaired) electrons. The van der Waals surface area contributed by atoms with Gasteiger partial charge in [-0.1, -0.05) is 12.1 Å². The average molecular weight is 366 g/mol. The summed E-state index contributed by atoms with van der Waals surface area (Å²) in [6.45, 7) is 0. The molecule has 4 rings (SSSR count). The van der Waals surface area contributed by atoms with Gasteiger partial charge in [0.25, 0.3) is 17.2 Å². The van der Waals surface area contributed by atoms with Crippen molar-refractivity contribution in [2.75, 3.05) is 5.32 Å². The number of benzene rings is 1. The normalized spacial score (nSPS) is 10.9. The lowest BCUT2D eigenvalue weighted by Crippen LogP contribution is -2.13. The molecule has 4 aromatic rings. The Morgan fingerprint density at radius 3 is 2.85 bits per heavy atom. The number of nitro benzene ring substituents is 1. The van der Waals surface area contributed by atoms with Gasteiger partial charge in [0.2, 0.25) is 0 Å². The number of hydrogen-bond donors (Lipinski definition) is 1. The Labute approximate surface area is 149 Å². The van der Waals surface area contributed by atoms with E-state index in [-0.39, 0.29) is 11.2 Å². The van der Waals surface area contributed by atoms with E-state index in [0.717, 1.165) is 11.3 Å². The van der Waals surface area contributed by atoms with Gasteiger partial charge >= 0.3 is 0 Å². The number of rotatable bonds is 3. The lowest BCUT2D eigenvalue weighted by atomic mass is 10.2. The Bertz CT molecular complexity index is 1240. The van der Waals surface area contributed by atoms with Crippen LogP contribution < -0.4 is 10.9 Å². The molecule has 1 aromatic carbocycles. The number of nitrogens with one attached hydrogen (secondary N) is 1. The minimum atomic E-state index is -0.536. The molecule has 9 heteroatoms. The highest BCUT2D eigenvalue weighted by molar-refractivity contribution is 7.20. The molecule has 8 nitrogen and oxygen atoms in total. The van der Waals surface area contributed by atoms with Gasteiger partial charge in [-0.15, -0.1) is 11.3 Å². The van der Waals surface area contributed by atoms with E-state index in [1.165, 1.54) is 28.7 Å². The monoisotopic (exact) mass is 366 g/mol. The van der Waals surface area contributed by atoms with E-state index in [1.54, 1.807) is 30.5 Å². The molecular weight excluding hydrogens is 356 g/mol. The molecule has 0 unspecified atom stereocenters. The van der Waals surface area contributed by atoms with Crippen LogP contribution >= 0.6 is 11.3 Å². The second kappa shape index (κ2) is 6.05. The smallest absolute Gasteiger partial charge is 0.271 e. The molecule has 0 saturated carbocycles. The molecule has 0 aliphatic rings. The number of nitro groups is 1. The predicted molar refractivity (Wildman–Crippen MR) is 97.9 cm³/mol. The van der Waals surface area contributed by atoms with Crippen molar-refractivity contribution in [2.24, 2.45) is 0 Å². The van der Waals surface area contributed by atoms with Crippen LogP contribution in [0.3, 0.4) is 0 Å². The number of non-ortho nitro benzene ring substituents is 1. The number of anilines is 1. The van der Waals surface area contributed by atoms with Gasteiger partial charge < -0.3 is 5.32 Å². The van der Waals surface area contributed by atoms with E-state index < -0.39 is 10.8 Å². The quantitative estimate of drug-likeness (QED) is 0.443. The van der Waals surface area contributed by atoms with Crippen LogP contribution in [-0.4, -0.2) is 20.2 Å². The second-order valence-corrected chi connectivity index (χ2v) is 6.47. The van der Waals surface area contributed by atoms with Crippen molar-refractivity contribution in [1.29, 1.82) is 0 Å². The Hall–Kier alpha value is -3.59. The van der Waals surface area contributed by atoms with Crippen molar-refractivity contribution in [3.8, 4) is 0 Å². The van der Waals surface area contributed by atoms with Crippen LogP contribution in [0.4, 0.5) is 11.4 Å². The van der Waals surface area contributed by atoms with Crippen LogP contribution in [0.1, 0.15) is 9.67 Å². The molecule has 0 spiro atoms. The van der Waals surface area contributed by atoms with Gasteiger partial charge in [-0.05, 0) is 24.3 Å². The highest BCUT2D eigenvalue weighted by Crippen LogP contribution is 2.24. The number of carbonyl (C=O) groups is 1. The molecule has 3 aromatic heterocycles. The standard InChI is InChI=1S/C17H10N4O4S/c22-15(18-10-4-3-5-11(8-10)21(24)25)13-9-12-16(26-13)19-14-6-1-2-7-20(14)17(12)23/h1-9H,(H,18,22). The third-order valence-corrected chi connectivity index (χ3v) is 4.78. The summed E-state index contributed by atoms with van der Waals surface area (Å²) in [4.78, 5) is 40.4. The lowest BCUT2D eigenvalue weighted by Gasteiger charge is -2.02. The minimum Gasteiger partial charge on any atom is -0.321 e. The Balaban J connectivity index is 1.72. The Kier molecular flexibility index (Phi) is 3.70. The number of hydrogen-bond acceptors (Lipinski definition) is 6. The topological polar surface area (TPSA) is 107 Å². The number of thiophene rings is 1. The van der Waals surface area contributed by atoms with Crippen LogP contribution in [0, 0.1) is 10.1 Å². The molecule has 128 valence electrons. The van der Waals surface area contributed by atoms with Crippen LogP contribution in [0.15, 0.2) is 59.5 Å². The van der Waals surface area contributed by atoms with E-state index in [4.69, 9.17) is 0 Å². The van der Waals surface area contributed by atoms with E-state index in [2.05, 4.69) is 10.3 Å². The summed E-state index contributed by atoms with van der Waals surface area (Å²) in [6, 6.07) is 12.4. The third-order valence-electron chi connectivity index (χ3n) is 3.75. The van der Waals surface area contributed by atoms with Crippen molar-refractivity contribution in [3.05, 3.63) is 80.1 Å². The van der Waals surface area contributed by atoms with Crippen molar-refractivity contribution in [2.45, 2.75) is 0 Å². The minimum absolute atomic E-state index is 0.120. The summed E-state index contributed by atoms with van der Waals surface area (Å²) < 4.78 is 1.41. The predicted octanol–water partition coefficient (Wildman–Crippen LogP) is 3.07. The summed E-state index contributed by atoms with van der Waals surface area (Å²) in [5.74, 6) is -0.457. The molecule has 0 aliphatic carbocycles. The van der Waals surface area contributed by atoms with Crippen LogP contribution in [0.25, 0.3) is 15.9 Å². The van der Waals surface area contributed by atoms with Gasteiger partial charge in [-0.25, -0.2) is 4.98 Å². The van der Waals surface area contributed by atoms with Gasteiger partial charge in [0.1, 0.15) is 10.5 Å². The van der Waals surface area contributed by atoms with E-state index >= 15 is 0 Å². The highest BCUT2D eigenvalue weighted by Gasteiger charge is 2.16. The van der Waals surface area contributed by atoms with E-state index in [9.17, 15) is 19.7 Å². The fourth-order valence-electron chi connectivity index (χ4n) is 2.55. The van der Waals surface area contributed by atoms with Gasteiger partial charge in [0.05, 0.1) is 15.2 Å². The maximum absolute atomic E-state index is 12.5. The molecular formula is C17H10N4O4S. The Morgan fingerprint density at radius 2 is 2.04 bits per heavy atom. The Morgan fingerprint density at radius 1 is 1.19 bits per heavy atom. The average Bonchev–Trinajstić information content (AvgIpc) is 3.07. The molecule has 0 atom stereocenters. The summed E-state index contributed by atoms with van der Waals surface area (Å²) in [5.41, 5.74) is 0.426. The van der Waals surface area contributed by atoms with Crippen molar-refractivity contribution < 1.29 is 9.72 Å². The SMILES string of the molecule is O=C(Nc1cccc([N+](=O)[O-])c1)c1cc2c(=O)n3ccccc3nc2s1. The zero-order chi connectivity index (χ0) is 18.3. The first-order valence-electron chi connectivity index (χ1n) is 7.50. The van der Waals surface area contributed by atoms with Crippen LogP contribution in [0.2, 0.25) is 0 Å². The zero-order valence-corrected chi connectivity index (χ0v) is 13.9. The summed E-state index contributed by atoms with van der Waals surface area (Å²) in [6.07, 6.45) is 1.62. The number of aromatic nitrogens is 2. The fraction of sp³-hybridized carbons (Fsp3) is 0. The van der Waals surface area contributed by atoms with E-state index in [0.29, 0.717) is 26.4 Å². The number of fused-ring (bicyclic) bond motifs is 2. The number of pyridine rings is 1. The van der Waals surface area contributed by atoms with Gasteiger partial charge in [0.15, 0.2) is 0 Å². The lowest BCUT2D eigenvalue weighted by molar-refractivity contribution is -0.384. The van der Waals surface area contributed by atoms with Crippen LogP contribution in [0.5, 0.6) is 0 Å². The fourth-order valence-corrected chi connectivity index (χ4v) is 3.47. The molecule has 1 amide bonds. The highest BCUT2D eigenvalue weighted by atomic mass is 32.1. The summed E-state index contributed by atoms with van der Waals surface area (Å²) in [7, 11) is 0. The first-order valence-corrected chi connectivity index (χ1v) is 8.31. The van der Waals surface area contributed by atoms with Gasteiger partial charge in [-0.3, -0.25) is 24.1 Å². The molecule has 0 fully saturated rings. The second-order valence-electron chi connectivity index (χ2n) is 5.44. The van der Waals surface area contributed by atoms with Crippen molar-refractivity contribution >= 4 is 44.5 Å². The molecule has 0 aliphatic heterocycles. The number of nitrogens with zero attached hydrogens (tertiary/aromatic N) is 3. The molecule has 3 heterocycles. The van der Waals surface area contributed by atoms with Crippen molar-refractivity contribution in [1.82, 2.24) is 9.38 Å². The van der Waals surface area contributed by atoms with Crippen LogP contribution in [-0.2, 0) is 0 Å². The summed E-state index contributed by atoms with van der Waals surface area (Å²) >= 11 is 1.09. The first-order chi connectivity index (χ1) is 12.5. The molecule has 0 saturated heterocycles. The van der Waals surface area contributed by atoms with E-state index in [1.807, 2.05) is 0 Å². The third kappa shape index (κ3) is 2.70. The van der Waals surface area contributed by atoms with Gasteiger partial charge in [-0.2, -0.15) is 0 Å². The largest absolute Gasteiger partial charge is 0.321 e. The summed E-state index contributed by atoms with van der Waals surface area (Å²) in [5, 5.41) is 13.8. The molecule has 26 heavy (non-hydrogen) atoms. The maximum Gasteiger partial charge on any atom is 0.271 e. The molecule has 1 N–H and O–H groups in total. The number of carbonyl (C=O) groups excluding carboxylic acids is 1. The van der Waals surface area contributed by atoms with Crippen molar-refractivity contribution in [3.63, 3.8) is 0 Å². The number of amides is 1.